The van der Waals surface area contributed by atoms with Gasteiger partial charge in [0.15, 0.2) is 11.9 Å². The maximum atomic E-state index is 12.2. The van der Waals surface area contributed by atoms with Crippen LogP contribution >= 0.6 is 0 Å². The predicted octanol–water partition coefficient (Wildman–Crippen LogP) is 3.63. The molecule has 2 aromatic rings. The first-order valence-electron chi connectivity index (χ1n) is 7.80. The first kappa shape index (κ1) is 16.2. The monoisotopic (exact) mass is 297 g/mol. The number of benzene rings is 1. The molecule has 0 spiro atoms. The maximum absolute atomic E-state index is 12.2. The Balaban J connectivity index is 1.90. The number of aryl methyl sites for hydroxylation is 5. The average Bonchev–Trinajstić information content (AvgIpc) is 2.45. The highest BCUT2D eigenvalue weighted by atomic mass is 16.1. The minimum atomic E-state index is 0.0873. The van der Waals surface area contributed by atoms with Gasteiger partial charge in [0.1, 0.15) is 6.54 Å². The second-order valence-electron chi connectivity index (χ2n) is 5.96. The molecule has 0 aliphatic heterocycles. The van der Waals surface area contributed by atoms with Crippen molar-refractivity contribution in [3.63, 3.8) is 0 Å². The number of aromatic nitrogens is 1. The molecule has 3 nitrogen and oxygen atoms in total. The van der Waals surface area contributed by atoms with Gasteiger partial charge in [0.2, 0.25) is 5.91 Å². The maximum Gasteiger partial charge on any atom is 0.224 e. The van der Waals surface area contributed by atoms with Crippen LogP contribution in [0.5, 0.6) is 0 Å². The Kier molecular flexibility index (Phi) is 5.31. The molecule has 0 fully saturated rings. The van der Waals surface area contributed by atoms with Crippen LogP contribution in [0.15, 0.2) is 36.5 Å². The molecule has 0 aliphatic rings. The summed E-state index contributed by atoms with van der Waals surface area (Å²) in [6, 6.07) is 10.3. The number of hydrogen-bond donors (Lipinski definition) is 1. The molecule has 0 bridgehead atoms. The molecule has 116 valence electrons. The van der Waals surface area contributed by atoms with E-state index in [1.807, 2.05) is 26.0 Å². The van der Waals surface area contributed by atoms with Crippen molar-refractivity contribution < 1.29 is 9.36 Å². The van der Waals surface area contributed by atoms with Gasteiger partial charge >= 0.3 is 0 Å². The summed E-state index contributed by atoms with van der Waals surface area (Å²) in [7, 11) is 0. The lowest BCUT2D eigenvalue weighted by Gasteiger charge is -2.12. The van der Waals surface area contributed by atoms with Gasteiger partial charge in [-0.1, -0.05) is 23.8 Å². The van der Waals surface area contributed by atoms with Gasteiger partial charge in [-0.25, -0.2) is 4.57 Å². The molecule has 0 atom stereocenters. The van der Waals surface area contributed by atoms with E-state index >= 15 is 0 Å². The zero-order valence-corrected chi connectivity index (χ0v) is 13.9. The Labute approximate surface area is 133 Å². The number of carbonyl (C=O) groups is 1. The molecule has 0 aliphatic carbocycles. The van der Waals surface area contributed by atoms with E-state index in [0.717, 1.165) is 29.8 Å². The molecule has 0 saturated heterocycles. The van der Waals surface area contributed by atoms with Crippen molar-refractivity contribution in [2.24, 2.45) is 0 Å². The van der Waals surface area contributed by atoms with E-state index in [9.17, 15) is 4.79 Å². The Morgan fingerprint density at radius 3 is 2.41 bits per heavy atom. The largest absolute Gasteiger partial charge is 0.326 e. The molecule has 0 saturated carbocycles. The van der Waals surface area contributed by atoms with Gasteiger partial charge < -0.3 is 5.32 Å². The van der Waals surface area contributed by atoms with E-state index in [-0.39, 0.29) is 5.91 Å². The first-order chi connectivity index (χ1) is 10.5. The third-order valence-electron chi connectivity index (χ3n) is 3.91. The van der Waals surface area contributed by atoms with E-state index in [1.165, 1.54) is 11.3 Å². The standard InChI is InChI=1S/C19H24N2O/c1-14-12-15(2)19(16(3)13-14)20-18(22)9-7-11-21-10-6-5-8-17(21)4/h5-6,8,10,12-13H,7,9,11H2,1-4H3/p+1. The van der Waals surface area contributed by atoms with Crippen LogP contribution < -0.4 is 9.88 Å². The van der Waals surface area contributed by atoms with Crippen LogP contribution in [0.3, 0.4) is 0 Å². The van der Waals surface area contributed by atoms with Gasteiger partial charge in [-0.3, -0.25) is 4.79 Å². The molecule has 1 aromatic carbocycles. The molecule has 1 N–H and O–H groups in total. The SMILES string of the molecule is Cc1cc(C)c(NC(=O)CCC[n+]2ccccc2C)c(C)c1. The fraction of sp³-hybridized carbons (Fsp3) is 0.368. The molecule has 0 radical (unpaired) electrons. The van der Waals surface area contributed by atoms with E-state index in [0.29, 0.717) is 6.42 Å². The average molecular weight is 297 g/mol. The van der Waals surface area contributed by atoms with Gasteiger partial charge in [-0.05, 0) is 31.9 Å². The minimum Gasteiger partial charge on any atom is -0.326 e. The van der Waals surface area contributed by atoms with Crippen LogP contribution in [0, 0.1) is 27.7 Å². The van der Waals surface area contributed by atoms with E-state index in [1.54, 1.807) is 0 Å². The molecule has 0 unspecified atom stereocenters. The van der Waals surface area contributed by atoms with E-state index < -0.39 is 0 Å². The summed E-state index contributed by atoms with van der Waals surface area (Å²) in [5.41, 5.74) is 5.65. The number of nitrogens with zero attached hydrogens (tertiary/aromatic N) is 1. The number of nitrogens with one attached hydrogen (secondary N) is 1. The zero-order chi connectivity index (χ0) is 16.1. The van der Waals surface area contributed by atoms with Gasteiger partial charge in [0.25, 0.3) is 0 Å². The third-order valence-corrected chi connectivity index (χ3v) is 3.91. The van der Waals surface area contributed by atoms with Crippen LogP contribution in [0.1, 0.15) is 35.2 Å². The van der Waals surface area contributed by atoms with Crippen molar-refractivity contribution in [2.75, 3.05) is 5.32 Å². The highest BCUT2D eigenvalue weighted by molar-refractivity contribution is 5.92. The van der Waals surface area contributed by atoms with Gasteiger partial charge in [0.05, 0.1) is 0 Å². The molecular formula is C19H25N2O+. The molecule has 1 aromatic heterocycles. The van der Waals surface area contributed by atoms with Gasteiger partial charge in [0, 0.05) is 37.6 Å². The number of carbonyl (C=O) groups excluding carboxylic acids is 1. The Morgan fingerprint density at radius 1 is 1.09 bits per heavy atom. The Bertz CT molecular complexity index is 654. The third kappa shape index (κ3) is 4.17. The van der Waals surface area contributed by atoms with Gasteiger partial charge in [-0.2, -0.15) is 0 Å². The summed E-state index contributed by atoms with van der Waals surface area (Å²) in [4.78, 5) is 12.2. The number of rotatable bonds is 5. The summed E-state index contributed by atoms with van der Waals surface area (Å²) >= 11 is 0. The zero-order valence-electron chi connectivity index (χ0n) is 13.9. The molecule has 3 heteroatoms. The number of amides is 1. The van der Waals surface area contributed by atoms with Crippen molar-refractivity contribution in [3.8, 4) is 0 Å². The van der Waals surface area contributed by atoms with Gasteiger partial charge in [-0.15, -0.1) is 0 Å². The second-order valence-corrected chi connectivity index (χ2v) is 5.96. The molecule has 1 heterocycles. The summed E-state index contributed by atoms with van der Waals surface area (Å²) in [5.74, 6) is 0.0873. The molecular weight excluding hydrogens is 272 g/mol. The number of pyridine rings is 1. The molecule has 1 amide bonds. The lowest BCUT2D eigenvalue weighted by Crippen LogP contribution is -2.36. The highest BCUT2D eigenvalue weighted by Crippen LogP contribution is 2.22. The van der Waals surface area contributed by atoms with Crippen LogP contribution in [0.2, 0.25) is 0 Å². The van der Waals surface area contributed by atoms with Crippen molar-refractivity contribution in [1.82, 2.24) is 0 Å². The summed E-state index contributed by atoms with van der Waals surface area (Å²) in [5, 5.41) is 3.06. The first-order valence-corrected chi connectivity index (χ1v) is 7.80. The predicted molar refractivity (Wildman–Crippen MR) is 89.9 cm³/mol. The van der Waals surface area contributed by atoms with Crippen LogP contribution in [0.25, 0.3) is 0 Å². The van der Waals surface area contributed by atoms with E-state index in [2.05, 4.69) is 48.1 Å². The van der Waals surface area contributed by atoms with E-state index in [4.69, 9.17) is 0 Å². The summed E-state index contributed by atoms with van der Waals surface area (Å²) in [6.07, 6.45) is 3.43. The Hall–Kier alpha value is -2.16. The molecule has 2 rings (SSSR count). The van der Waals surface area contributed by atoms with Crippen molar-refractivity contribution in [1.29, 1.82) is 0 Å². The molecule has 22 heavy (non-hydrogen) atoms. The van der Waals surface area contributed by atoms with Crippen molar-refractivity contribution >= 4 is 11.6 Å². The quantitative estimate of drug-likeness (QED) is 0.840. The van der Waals surface area contributed by atoms with Crippen LogP contribution in [-0.4, -0.2) is 5.91 Å². The van der Waals surface area contributed by atoms with Crippen LogP contribution in [0.4, 0.5) is 5.69 Å². The highest BCUT2D eigenvalue weighted by Gasteiger charge is 2.10. The van der Waals surface area contributed by atoms with Crippen LogP contribution in [-0.2, 0) is 11.3 Å². The summed E-state index contributed by atoms with van der Waals surface area (Å²) in [6.45, 7) is 9.10. The van der Waals surface area contributed by atoms with Crippen molar-refractivity contribution in [2.45, 2.75) is 47.1 Å². The number of anilines is 1. The van der Waals surface area contributed by atoms with Crippen molar-refractivity contribution in [3.05, 3.63) is 58.9 Å². The lowest BCUT2D eigenvalue weighted by atomic mass is 10.0. The second kappa shape index (κ2) is 7.21. The fourth-order valence-electron chi connectivity index (χ4n) is 2.80. The minimum absolute atomic E-state index is 0.0873. The number of hydrogen-bond acceptors (Lipinski definition) is 1. The lowest BCUT2D eigenvalue weighted by molar-refractivity contribution is -0.703. The summed E-state index contributed by atoms with van der Waals surface area (Å²) < 4.78 is 2.18. The smallest absolute Gasteiger partial charge is 0.224 e. The fourth-order valence-corrected chi connectivity index (χ4v) is 2.80. The topological polar surface area (TPSA) is 33.0 Å². The Morgan fingerprint density at radius 2 is 1.77 bits per heavy atom. The normalized spacial score (nSPS) is 10.5.